The van der Waals surface area contributed by atoms with Gasteiger partial charge in [-0.2, -0.15) is 0 Å². The molecule has 1 rings (SSSR count). The van der Waals surface area contributed by atoms with E-state index in [9.17, 15) is 4.79 Å². The molecule has 0 heterocycles. The Hall–Kier alpha value is -0.610. The number of carbonyl (C=O) groups excluding carboxylic acids is 1. The molecule has 1 fully saturated rings. The second-order valence-electron chi connectivity index (χ2n) is 4.07. The predicted octanol–water partition coefficient (Wildman–Crippen LogP) is -0.247. The summed E-state index contributed by atoms with van der Waals surface area (Å²) in [5.74, 6) is -0.119. The molecule has 13 heavy (non-hydrogen) atoms. The summed E-state index contributed by atoms with van der Waals surface area (Å²) in [6, 6.07) is 0.122. The number of carbonyl (C=O) groups is 1. The number of hydrogen-bond donors (Lipinski definition) is 3. The molecule has 4 heteroatoms. The van der Waals surface area contributed by atoms with Gasteiger partial charge in [0.05, 0.1) is 11.6 Å². The maximum absolute atomic E-state index is 11.5. The van der Waals surface area contributed by atoms with Gasteiger partial charge in [0.25, 0.3) is 0 Å². The number of nitrogens with two attached hydrogens (primary N) is 1. The van der Waals surface area contributed by atoms with Crippen LogP contribution < -0.4 is 11.1 Å². The van der Waals surface area contributed by atoms with Gasteiger partial charge in [-0.25, -0.2) is 0 Å². The first kappa shape index (κ1) is 10.5. The van der Waals surface area contributed by atoms with E-state index >= 15 is 0 Å². The van der Waals surface area contributed by atoms with Gasteiger partial charge >= 0.3 is 0 Å². The van der Waals surface area contributed by atoms with Crippen molar-refractivity contribution in [2.75, 3.05) is 0 Å². The largest absolute Gasteiger partial charge is 0.393 e. The lowest BCUT2D eigenvalue weighted by molar-refractivity contribution is -0.128. The minimum atomic E-state index is -0.777. The van der Waals surface area contributed by atoms with Crippen LogP contribution in [0.15, 0.2) is 0 Å². The fourth-order valence-electron chi connectivity index (χ4n) is 1.22. The van der Waals surface area contributed by atoms with E-state index in [1.54, 1.807) is 6.92 Å². The highest BCUT2D eigenvalue weighted by Gasteiger charge is 2.33. The van der Waals surface area contributed by atoms with Crippen LogP contribution in [0, 0.1) is 0 Å². The van der Waals surface area contributed by atoms with E-state index in [0.29, 0.717) is 19.3 Å². The molecule has 1 unspecified atom stereocenters. The highest BCUT2D eigenvalue weighted by Crippen LogP contribution is 2.20. The molecule has 1 atom stereocenters. The van der Waals surface area contributed by atoms with Crippen LogP contribution in [0.2, 0.25) is 0 Å². The lowest BCUT2D eigenvalue weighted by Gasteiger charge is -2.34. The lowest BCUT2D eigenvalue weighted by Crippen LogP contribution is -2.57. The fraction of sp³-hybridized carbons (Fsp3) is 0.889. The lowest BCUT2D eigenvalue weighted by atomic mass is 9.88. The molecule has 0 bridgehead atoms. The molecule has 4 nitrogen and oxygen atoms in total. The summed E-state index contributed by atoms with van der Waals surface area (Å²) in [5.41, 5.74) is 4.97. The highest BCUT2D eigenvalue weighted by molar-refractivity contribution is 5.85. The SMILES string of the molecule is CCC(C)(N)C(=O)NC1CC(O)C1. The van der Waals surface area contributed by atoms with Crippen molar-refractivity contribution in [3.8, 4) is 0 Å². The first-order valence-corrected chi connectivity index (χ1v) is 4.73. The molecule has 1 saturated carbocycles. The Labute approximate surface area is 78.5 Å². The van der Waals surface area contributed by atoms with Crippen molar-refractivity contribution in [1.82, 2.24) is 5.32 Å². The summed E-state index contributed by atoms with van der Waals surface area (Å²) in [5, 5.41) is 11.8. The van der Waals surface area contributed by atoms with E-state index in [2.05, 4.69) is 5.32 Å². The molecular weight excluding hydrogens is 168 g/mol. The fourth-order valence-corrected chi connectivity index (χ4v) is 1.22. The topological polar surface area (TPSA) is 75.4 Å². The molecule has 1 aliphatic rings. The molecule has 0 saturated heterocycles. The number of rotatable bonds is 3. The smallest absolute Gasteiger partial charge is 0.240 e. The van der Waals surface area contributed by atoms with Gasteiger partial charge in [0, 0.05) is 6.04 Å². The zero-order valence-corrected chi connectivity index (χ0v) is 8.21. The van der Waals surface area contributed by atoms with E-state index in [1.165, 1.54) is 0 Å². The van der Waals surface area contributed by atoms with Gasteiger partial charge in [-0.15, -0.1) is 0 Å². The molecule has 0 spiro atoms. The van der Waals surface area contributed by atoms with Gasteiger partial charge in [0.2, 0.25) is 5.91 Å². The highest BCUT2D eigenvalue weighted by atomic mass is 16.3. The quantitative estimate of drug-likeness (QED) is 0.569. The average Bonchev–Trinajstić information content (AvgIpc) is 2.01. The first-order chi connectivity index (χ1) is 5.95. The second-order valence-corrected chi connectivity index (χ2v) is 4.07. The van der Waals surface area contributed by atoms with E-state index in [-0.39, 0.29) is 18.1 Å². The summed E-state index contributed by atoms with van der Waals surface area (Å²) in [6.07, 6.45) is 1.70. The third-order valence-electron chi connectivity index (χ3n) is 2.70. The van der Waals surface area contributed by atoms with Crippen LogP contribution in [0.5, 0.6) is 0 Å². The van der Waals surface area contributed by atoms with Crippen LogP contribution in [0.1, 0.15) is 33.1 Å². The summed E-state index contributed by atoms with van der Waals surface area (Å²) in [7, 11) is 0. The number of hydrogen-bond acceptors (Lipinski definition) is 3. The summed E-state index contributed by atoms with van der Waals surface area (Å²) in [4.78, 5) is 11.5. The number of amides is 1. The molecule has 0 aromatic carbocycles. The molecule has 1 amide bonds. The molecule has 1 aliphatic carbocycles. The second kappa shape index (κ2) is 3.64. The van der Waals surface area contributed by atoms with Crippen LogP contribution in [0.4, 0.5) is 0 Å². The number of nitrogens with one attached hydrogen (secondary N) is 1. The van der Waals surface area contributed by atoms with E-state index in [4.69, 9.17) is 10.8 Å². The van der Waals surface area contributed by atoms with Crippen LogP contribution >= 0.6 is 0 Å². The maximum atomic E-state index is 11.5. The van der Waals surface area contributed by atoms with Crippen molar-refractivity contribution in [3.63, 3.8) is 0 Å². The maximum Gasteiger partial charge on any atom is 0.240 e. The minimum Gasteiger partial charge on any atom is -0.393 e. The summed E-state index contributed by atoms with van der Waals surface area (Å²) in [6.45, 7) is 3.60. The van der Waals surface area contributed by atoms with Crippen molar-refractivity contribution in [2.45, 2.75) is 50.8 Å². The average molecular weight is 186 g/mol. The van der Waals surface area contributed by atoms with Crippen molar-refractivity contribution in [1.29, 1.82) is 0 Å². The Morgan fingerprint density at radius 2 is 2.23 bits per heavy atom. The van der Waals surface area contributed by atoms with Gasteiger partial charge in [-0.05, 0) is 26.2 Å². The summed E-state index contributed by atoms with van der Waals surface area (Å²) >= 11 is 0. The Morgan fingerprint density at radius 1 is 1.69 bits per heavy atom. The number of aliphatic hydroxyl groups is 1. The summed E-state index contributed by atoms with van der Waals surface area (Å²) < 4.78 is 0. The van der Waals surface area contributed by atoms with Crippen molar-refractivity contribution >= 4 is 5.91 Å². The third-order valence-corrected chi connectivity index (χ3v) is 2.70. The van der Waals surface area contributed by atoms with Gasteiger partial charge in [-0.3, -0.25) is 4.79 Å². The molecule has 76 valence electrons. The van der Waals surface area contributed by atoms with Crippen LogP contribution in [0.3, 0.4) is 0 Å². The molecule has 0 aromatic rings. The Bertz CT molecular complexity index is 198. The van der Waals surface area contributed by atoms with Crippen molar-refractivity contribution < 1.29 is 9.90 Å². The Balaban J connectivity index is 2.33. The third kappa shape index (κ3) is 2.42. The molecule has 4 N–H and O–H groups in total. The van der Waals surface area contributed by atoms with Crippen LogP contribution in [-0.2, 0) is 4.79 Å². The standard InChI is InChI=1S/C9H18N2O2/c1-3-9(2,10)8(13)11-6-4-7(12)5-6/h6-7,12H,3-5,10H2,1-2H3,(H,11,13). The molecular formula is C9H18N2O2. The molecule has 0 aliphatic heterocycles. The van der Waals surface area contributed by atoms with E-state index in [1.807, 2.05) is 6.92 Å². The predicted molar refractivity (Wildman–Crippen MR) is 50.1 cm³/mol. The monoisotopic (exact) mass is 186 g/mol. The van der Waals surface area contributed by atoms with Gasteiger partial charge in [0.1, 0.15) is 0 Å². The van der Waals surface area contributed by atoms with Crippen molar-refractivity contribution in [2.24, 2.45) is 5.73 Å². The molecule has 0 radical (unpaired) electrons. The van der Waals surface area contributed by atoms with Gasteiger partial charge in [0.15, 0.2) is 0 Å². The van der Waals surface area contributed by atoms with Gasteiger partial charge < -0.3 is 16.2 Å². The number of aliphatic hydroxyl groups excluding tert-OH is 1. The van der Waals surface area contributed by atoms with Crippen LogP contribution in [-0.4, -0.2) is 28.7 Å². The van der Waals surface area contributed by atoms with Gasteiger partial charge in [-0.1, -0.05) is 6.92 Å². The first-order valence-electron chi connectivity index (χ1n) is 4.73. The zero-order chi connectivity index (χ0) is 10.1. The van der Waals surface area contributed by atoms with Crippen molar-refractivity contribution in [3.05, 3.63) is 0 Å². The normalized spacial score (nSPS) is 31.7. The zero-order valence-electron chi connectivity index (χ0n) is 8.21. The van der Waals surface area contributed by atoms with E-state index in [0.717, 1.165) is 0 Å². The Kier molecular flexibility index (Phi) is 2.93. The van der Waals surface area contributed by atoms with E-state index < -0.39 is 5.54 Å². The van der Waals surface area contributed by atoms with Crippen LogP contribution in [0.25, 0.3) is 0 Å². The Morgan fingerprint density at radius 3 is 2.62 bits per heavy atom. The molecule has 0 aromatic heterocycles. The minimum absolute atomic E-state index is 0.119.